The third-order valence-corrected chi connectivity index (χ3v) is 4.46. The van der Waals surface area contributed by atoms with Crippen molar-refractivity contribution in [3.63, 3.8) is 0 Å². The lowest BCUT2D eigenvalue weighted by atomic mass is 10.1. The Balaban J connectivity index is 1.96. The van der Waals surface area contributed by atoms with E-state index in [1.807, 2.05) is 31.2 Å². The SMILES string of the molecule is Cc1[nH]c2ccccc2c(=O)c1C[NH+]1CCCCCC1. The third kappa shape index (κ3) is 2.63. The van der Waals surface area contributed by atoms with Gasteiger partial charge in [-0.2, -0.15) is 0 Å². The van der Waals surface area contributed by atoms with Crippen LogP contribution in [0, 0.1) is 6.92 Å². The predicted octanol–water partition coefficient (Wildman–Crippen LogP) is 1.80. The maximum absolute atomic E-state index is 12.7. The van der Waals surface area contributed by atoms with E-state index in [1.165, 1.54) is 38.8 Å². The van der Waals surface area contributed by atoms with Crippen molar-refractivity contribution in [3.05, 3.63) is 45.7 Å². The molecule has 1 aliphatic rings. The molecule has 1 aromatic carbocycles. The maximum Gasteiger partial charge on any atom is 0.198 e. The summed E-state index contributed by atoms with van der Waals surface area (Å²) in [5.41, 5.74) is 3.17. The van der Waals surface area contributed by atoms with Gasteiger partial charge in [-0.1, -0.05) is 12.1 Å². The van der Waals surface area contributed by atoms with Gasteiger partial charge in [0, 0.05) is 16.6 Å². The van der Waals surface area contributed by atoms with Crippen molar-refractivity contribution in [2.45, 2.75) is 39.2 Å². The highest BCUT2D eigenvalue weighted by molar-refractivity contribution is 5.79. The highest BCUT2D eigenvalue weighted by Crippen LogP contribution is 2.10. The smallest absolute Gasteiger partial charge is 0.198 e. The molecule has 0 spiro atoms. The zero-order chi connectivity index (χ0) is 13.9. The molecule has 0 aliphatic carbocycles. The largest absolute Gasteiger partial charge is 0.358 e. The van der Waals surface area contributed by atoms with Crippen molar-refractivity contribution >= 4 is 10.9 Å². The second-order valence-electron chi connectivity index (χ2n) is 5.94. The molecule has 2 N–H and O–H groups in total. The van der Waals surface area contributed by atoms with Crippen molar-refractivity contribution in [2.75, 3.05) is 13.1 Å². The first-order valence-corrected chi connectivity index (χ1v) is 7.70. The molecule has 0 atom stereocenters. The summed E-state index contributed by atoms with van der Waals surface area (Å²) in [4.78, 5) is 17.6. The van der Waals surface area contributed by atoms with Gasteiger partial charge in [-0.25, -0.2) is 0 Å². The molecule has 0 bridgehead atoms. The Bertz CT molecular complexity index is 652. The Morgan fingerprint density at radius 2 is 1.80 bits per heavy atom. The van der Waals surface area contributed by atoms with E-state index < -0.39 is 0 Å². The van der Waals surface area contributed by atoms with Gasteiger partial charge in [0.2, 0.25) is 0 Å². The van der Waals surface area contributed by atoms with Crippen LogP contribution in [0.1, 0.15) is 36.9 Å². The fraction of sp³-hybridized carbons (Fsp3) is 0.471. The van der Waals surface area contributed by atoms with E-state index in [2.05, 4.69) is 4.98 Å². The van der Waals surface area contributed by atoms with Crippen molar-refractivity contribution < 1.29 is 4.90 Å². The molecule has 0 amide bonds. The highest BCUT2D eigenvalue weighted by Gasteiger charge is 2.17. The summed E-state index contributed by atoms with van der Waals surface area (Å²) in [5, 5.41) is 0.822. The minimum absolute atomic E-state index is 0.216. The summed E-state index contributed by atoms with van der Waals surface area (Å²) in [6, 6.07) is 7.81. The molecule has 1 aromatic heterocycles. The first-order valence-electron chi connectivity index (χ1n) is 7.70. The normalized spacial score (nSPS) is 17.2. The molecule has 3 rings (SSSR count). The molecular weight excluding hydrogens is 248 g/mol. The molecule has 3 nitrogen and oxygen atoms in total. The number of aryl methyl sites for hydroxylation is 1. The number of fused-ring (bicyclic) bond motifs is 1. The van der Waals surface area contributed by atoms with Crippen LogP contribution in [-0.4, -0.2) is 18.1 Å². The number of hydrogen-bond donors (Lipinski definition) is 2. The lowest BCUT2D eigenvalue weighted by molar-refractivity contribution is -0.913. The monoisotopic (exact) mass is 271 g/mol. The van der Waals surface area contributed by atoms with Crippen molar-refractivity contribution in [3.8, 4) is 0 Å². The molecule has 2 aromatic rings. The van der Waals surface area contributed by atoms with Crippen LogP contribution < -0.4 is 10.3 Å². The average molecular weight is 271 g/mol. The molecule has 0 radical (unpaired) electrons. The Hall–Kier alpha value is -1.61. The quantitative estimate of drug-likeness (QED) is 0.858. The number of likely N-dealkylation sites (tertiary alicyclic amines) is 1. The van der Waals surface area contributed by atoms with Crippen molar-refractivity contribution in [1.29, 1.82) is 0 Å². The number of quaternary nitrogens is 1. The number of para-hydroxylation sites is 1. The first-order chi connectivity index (χ1) is 9.75. The fourth-order valence-electron chi connectivity index (χ4n) is 3.27. The molecule has 1 aliphatic heterocycles. The van der Waals surface area contributed by atoms with Gasteiger partial charge >= 0.3 is 0 Å². The standard InChI is InChI=1S/C17H22N2O/c1-13-15(12-19-10-6-2-3-7-11-19)17(20)14-8-4-5-9-16(14)18-13/h4-5,8-9H,2-3,6-7,10-12H2,1H3,(H,18,20)/p+1. The van der Waals surface area contributed by atoms with E-state index in [9.17, 15) is 4.79 Å². The second-order valence-corrected chi connectivity index (χ2v) is 5.94. The molecule has 106 valence electrons. The second kappa shape index (κ2) is 5.80. The van der Waals surface area contributed by atoms with Crippen LogP contribution in [0.2, 0.25) is 0 Å². The van der Waals surface area contributed by atoms with Gasteiger partial charge in [-0.15, -0.1) is 0 Å². The van der Waals surface area contributed by atoms with Gasteiger partial charge in [-0.05, 0) is 44.7 Å². The van der Waals surface area contributed by atoms with Crippen molar-refractivity contribution in [2.24, 2.45) is 0 Å². The molecule has 20 heavy (non-hydrogen) atoms. The number of rotatable bonds is 2. The summed E-state index contributed by atoms with van der Waals surface area (Å²) in [6.07, 6.45) is 5.27. The number of aromatic nitrogens is 1. The molecule has 2 heterocycles. The van der Waals surface area contributed by atoms with Gasteiger partial charge in [0.25, 0.3) is 0 Å². The number of hydrogen-bond acceptors (Lipinski definition) is 1. The summed E-state index contributed by atoms with van der Waals surface area (Å²) in [6.45, 7) is 5.30. The van der Waals surface area contributed by atoms with Crippen LogP contribution in [0.4, 0.5) is 0 Å². The zero-order valence-corrected chi connectivity index (χ0v) is 12.2. The van der Waals surface area contributed by atoms with E-state index in [1.54, 1.807) is 4.90 Å². The van der Waals surface area contributed by atoms with Crippen LogP contribution in [0.15, 0.2) is 29.1 Å². The van der Waals surface area contributed by atoms with E-state index in [0.29, 0.717) is 0 Å². The fourth-order valence-corrected chi connectivity index (χ4v) is 3.27. The zero-order valence-electron chi connectivity index (χ0n) is 12.2. The first kappa shape index (κ1) is 13.4. The number of benzene rings is 1. The number of aromatic amines is 1. The Morgan fingerprint density at radius 1 is 1.10 bits per heavy atom. The van der Waals surface area contributed by atoms with Gasteiger partial charge in [0.1, 0.15) is 6.54 Å². The summed E-state index contributed by atoms with van der Waals surface area (Å²) >= 11 is 0. The molecular formula is C17H23N2O+. The lowest BCUT2D eigenvalue weighted by Gasteiger charge is -2.18. The molecule has 0 saturated carbocycles. The predicted molar refractivity (Wildman–Crippen MR) is 82.2 cm³/mol. The van der Waals surface area contributed by atoms with Gasteiger partial charge in [0.15, 0.2) is 5.43 Å². The minimum atomic E-state index is 0.216. The molecule has 0 unspecified atom stereocenters. The van der Waals surface area contributed by atoms with E-state index in [-0.39, 0.29) is 5.43 Å². The molecule has 3 heteroatoms. The summed E-state index contributed by atoms with van der Waals surface area (Å²) in [5.74, 6) is 0. The summed E-state index contributed by atoms with van der Waals surface area (Å²) < 4.78 is 0. The Labute approximate surface area is 119 Å². The van der Waals surface area contributed by atoms with Crippen LogP contribution in [0.25, 0.3) is 10.9 Å². The molecule has 1 saturated heterocycles. The Kier molecular flexibility index (Phi) is 3.88. The molecule has 1 fully saturated rings. The number of pyridine rings is 1. The van der Waals surface area contributed by atoms with Gasteiger partial charge in [-0.3, -0.25) is 4.79 Å². The summed E-state index contributed by atoms with van der Waals surface area (Å²) in [7, 11) is 0. The minimum Gasteiger partial charge on any atom is -0.358 e. The number of nitrogens with one attached hydrogen (secondary N) is 2. The van der Waals surface area contributed by atoms with Crippen LogP contribution in [-0.2, 0) is 6.54 Å². The maximum atomic E-state index is 12.7. The van der Waals surface area contributed by atoms with E-state index in [0.717, 1.165) is 28.7 Å². The van der Waals surface area contributed by atoms with Gasteiger partial charge < -0.3 is 9.88 Å². The van der Waals surface area contributed by atoms with Crippen LogP contribution in [0.5, 0.6) is 0 Å². The van der Waals surface area contributed by atoms with Crippen molar-refractivity contribution in [1.82, 2.24) is 4.98 Å². The lowest BCUT2D eigenvalue weighted by Crippen LogP contribution is -3.10. The topological polar surface area (TPSA) is 37.3 Å². The average Bonchev–Trinajstić information content (AvgIpc) is 2.72. The van der Waals surface area contributed by atoms with E-state index in [4.69, 9.17) is 0 Å². The van der Waals surface area contributed by atoms with E-state index >= 15 is 0 Å². The third-order valence-electron chi connectivity index (χ3n) is 4.46. The Morgan fingerprint density at radius 3 is 2.55 bits per heavy atom. The van der Waals surface area contributed by atoms with Gasteiger partial charge in [0.05, 0.1) is 18.7 Å². The number of H-pyrrole nitrogens is 1. The van der Waals surface area contributed by atoms with Crippen LogP contribution in [0.3, 0.4) is 0 Å². The highest BCUT2D eigenvalue weighted by atomic mass is 16.1. The van der Waals surface area contributed by atoms with Crippen LogP contribution >= 0.6 is 0 Å².